The standard InChI is InChI=1S/C29H27NO7/c1-18-5-11-21(12-6-18)30-26(19-7-13-22(35-2)14-8-19)25(28(33)29(30,34)17-24(31)37-4)27(32)20-9-15-23(36-3)16-10-20/h5-16,34H,17H2,1-4H3. The Bertz CT molecular complexity index is 1360. The maximum absolute atomic E-state index is 13.9. The van der Waals surface area contributed by atoms with E-state index >= 15 is 0 Å². The summed E-state index contributed by atoms with van der Waals surface area (Å²) in [5.41, 5.74) is -0.390. The smallest absolute Gasteiger partial charge is 0.310 e. The molecule has 8 nitrogen and oxygen atoms in total. The van der Waals surface area contributed by atoms with Crippen LogP contribution in [0.3, 0.4) is 0 Å². The molecular formula is C29H27NO7. The third-order valence-corrected chi connectivity index (χ3v) is 6.27. The molecule has 0 saturated heterocycles. The Morgan fingerprint density at radius 1 is 0.838 bits per heavy atom. The lowest BCUT2D eigenvalue weighted by molar-refractivity contribution is -0.150. The van der Waals surface area contributed by atoms with E-state index in [1.807, 2.05) is 19.1 Å². The van der Waals surface area contributed by atoms with Gasteiger partial charge < -0.3 is 24.2 Å². The van der Waals surface area contributed by atoms with Crippen LogP contribution in [0.2, 0.25) is 0 Å². The number of aliphatic hydroxyl groups is 1. The van der Waals surface area contributed by atoms with E-state index in [9.17, 15) is 19.5 Å². The number of carbonyl (C=O) groups excluding carboxylic acids is 3. The normalized spacial score (nSPS) is 17.1. The highest BCUT2D eigenvalue weighted by Gasteiger charge is 2.56. The molecule has 1 unspecified atom stereocenters. The summed E-state index contributed by atoms with van der Waals surface area (Å²) in [7, 11) is 4.20. The largest absolute Gasteiger partial charge is 0.497 e. The van der Waals surface area contributed by atoms with Crippen molar-refractivity contribution in [3.05, 3.63) is 95.1 Å². The summed E-state index contributed by atoms with van der Waals surface area (Å²) in [6.45, 7) is 1.90. The van der Waals surface area contributed by atoms with Gasteiger partial charge in [-0.25, -0.2) is 0 Å². The van der Waals surface area contributed by atoms with Crippen LogP contribution >= 0.6 is 0 Å². The molecule has 1 aliphatic rings. The van der Waals surface area contributed by atoms with Crippen LogP contribution in [0.5, 0.6) is 11.5 Å². The van der Waals surface area contributed by atoms with Crippen molar-refractivity contribution in [3.8, 4) is 11.5 Å². The van der Waals surface area contributed by atoms with Crippen LogP contribution in [0.25, 0.3) is 5.70 Å². The average molecular weight is 502 g/mol. The zero-order valence-electron chi connectivity index (χ0n) is 21.0. The Labute approximate surface area is 214 Å². The monoisotopic (exact) mass is 501 g/mol. The second-order valence-electron chi connectivity index (χ2n) is 8.58. The quantitative estimate of drug-likeness (QED) is 0.281. The lowest BCUT2D eigenvalue weighted by Crippen LogP contribution is -2.51. The molecule has 0 fully saturated rings. The Hall–Kier alpha value is -4.43. The summed E-state index contributed by atoms with van der Waals surface area (Å²) in [6.07, 6.45) is -0.685. The number of hydrogen-bond acceptors (Lipinski definition) is 8. The van der Waals surface area contributed by atoms with Gasteiger partial charge in [0.05, 0.1) is 32.6 Å². The van der Waals surface area contributed by atoms with Crippen molar-refractivity contribution in [3.63, 3.8) is 0 Å². The lowest BCUT2D eigenvalue weighted by Gasteiger charge is -2.35. The number of hydrogen-bond donors (Lipinski definition) is 1. The van der Waals surface area contributed by atoms with E-state index in [2.05, 4.69) is 0 Å². The number of rotatable bonds is 8. The summed E-state index contributed by atoms with van der Waals surface area (Å²) >= 11 is 0. The third-order valence-electron chi connectivity index (χ3n) is 6.27. The fraction of sp³-hybridized carbons (Fsp3) is 0.207. The Morgan fingerprint density at radius 3 is 1.89 bits per heavy atom. The average Bonchev–Trinajstić information content (AvgIpc) is 3.15. The zero-order chi connectivity index (χ0) is 26.7. The Balaban J connectivity index is 1.99. The van der Waals surface area contributed by atoms with Crippen LogP contribution in [-0.2, 0) is 14.3 Å². The number of carbonyl (C=O) groups is 3. The van der Waals surface area contributed by atoms with Gasteiger partial charge in [0.2, 0.25) is 11.5 Å². The van der Waals surface area contributed by atoms with Crippen LogP contribution in [0.4, 0.5) is 5.69 Å². The predicted molar refractivity (Wildman–Crippen MR) is 137 cm³/mol. The molecule has 8 heteroatoms. The third kappa shape index (κ3) is 4.71. The molecule has 1 N–H and O–H groups in total. The first kappa shape index (κ1) is 25.7. The lowest BCUT2D eigenvalue weighted by atomic mass is 9.93. The summed E-state index contributed by atoms with van der Waals surface area (Å²) in [6, 6.07) is 20.1. The minimum Gasteiger partial charge on any atom is -0.497 e. The van der Waals surface area contributed by atoms with Crippen LogP contribution in [0.1, 0.15) is 27.9 Å². The number of benzene rings is 3. The number of anilines is 1. The molecule has 0 amide bonds. The second-order valence-corrected chi connectivity index (χ2v) is 8.58. The zero-order valence-corrected chi connectivity index (χ0v) is 21.0. The van der Waals surface area contributed by atoms with Crippen LogP contribution in [-0.4, -0.2) is 49.7 Å². The molecule has 0 aromatic heterocycles. The fourth-order valence-electron chi connectivity index (χ4n) is 4.30. The van der Waals surface area contributed by atoms with Crippen LogP contribution in [0.15, 0.2) is 78.4 Å². The highest BCUT2D eigenvalue weighted by atomic mass is 16.5. The van der Waals surface area contributed by atoms with Crippen molar-refractivity contribution in [2.45, 2.75) is 19.1 Å². The van der Waals surface area contributed by atoms with Crippen LogP contribution < -0.4 is 14.4 Å². The van der Waals surface area contributed by atoms with Crippen molar-refractivity contribution in [2.75, 3.05) is 26.2 Å². The number of nitrogens with zero attached hydrogens (tertiary/aromatic N) is 1. The topological polar surface area (TPSA) is 102 Å². The van der Waals surface area contributed by atoms with E-state index < -0.39 is 29.7 Å². The number of ether oxygens (including phenoxy) is 3. The molecule has 0 saturated carbocycles. The van der Waals surface area contributed by atoms with Gasteiger partial charge in [-0.2, -0.15) is 0 Å². The highest BCUT2D eigenvalue weighted by Crippen LogP contribution is 2.45. The minimum atomic E-state index is -2.39. The molecule has 3 aromatic carbocycles. The molecule has 0 spiro atoms. The van der Waals surface area contributed by atoms with Gasteiger partial charge in [-0.05, 0) is 73.2 Å². The Morgan fingerprint density at radius 2 is 1.38 bits per heavy atom. The van der Waals surface area contributed by atoms with Gasteiger partial charge in [-0.15, -0.1) is 0 Å². The SMILES string of the molecule is COC(=O)CC1(O)C(=O)C(C(=O)c2ccc(OC)cc2)=C(c2ccc(OC)cc2)N1c1ccc(C)cc1. The minimum absolute atomic E-state index is 0.170. The number of ketones is 2. The van der Waals surface area contributed by atoms with E-state index in [0.717, 1.165) is 5.56 Å². The first-order valence-corrected chi connectivity index (χ1v) is 11.5. The predicted octanol–water partition coefficient (Wildman–Crippen LogP) is 3.95. The summed E-state index contributed by atoms with van der Waals surface area (Å²) in [4.78, 5) is 41.5. The van der Waals surface area contributed by atoms with Crippen molar-refractivity contribution in [1.82, 2.24) is 0 Å². The van der Waals surface area contributed by atoms with Gasteiger partial charge in [0.15, 0.2) is 5.78 Å². The van der Waals surface area contributed by atoms with Crippen molar-refractivity contribution in [2.24, 2.45) is 0 Å². The van der Waals surface area contributed by atoms with Gasteiger partial charge in [-0.1, -0.05) is 17.7 Å². The molecular weight excluding hydrogens is 474 g/mol. The highest BCUT2D eigenvalue weighted by molar-refractivity contribution is 6.37. The molecule has 3 aromatic rings. The molecule has 37 heavy (non-hydrogen) atoms. The van der Waals surface area contributed by atoms with Gasteiger partial charge in [0.1, 0.15) is 17.9 Å². The van der Waals surface area contributed by atoms with Crippen molar-refractivity contribution < 1.29 is 33.7 Å². The maximum Gasteiger partial charge on any atom is 0.310 e. The van der Waals surface area contributed by atoms with Crippen molar-refractivity contribution >= 4 is 28.9 Å². The fourth-order valence-corrected chi connectivity index (χ4v) is 4.30. The molecule has 0 aliphatic carbocycles. The molecule has 1 heterocycles. The summed E-state index contributed by atoms with van der Waals surface area (Å²) in [5.74, 6) is -1.19. The van der Waals surface area contributed by atoms with E-state index in [-0.39, 0.29) is 16.8 Å². The molecule has 1 atom stereocenters. The molecule has 4 rings (SSSR count). The number of Topliss-reactive ketones (excluding diaryl/α,β-unsaturated/α-hetero) is 2. The molecule has 0 bridgehead atoms. The Kier molecular flexibility index (Phi) is 7.13. The summed E-state index contributed by atoms with van der Waals surface area (Å²) in [5, 5.41) is 11.9. The van der Waals surface area contributed by atoms with E-state index in [4.69, 9.17) is 14.2 Å². The number of methoxy groups -OCH3 is 3. The molecule has 1 aliphatic heterocycles. The second kappa shape index (κ2) is 10.3. The van der Waals surface area contributed by atoms with E-state index in [1.54, 1.807) is 60.7 Å². The van der Waals surface area contributed by atoms with Gasteiger partial charge >= 0.3 is 5.97 Å². The van der Waals surface area contributed by atoms with Gasteiger partial charge in [0, 0.05) is 11.3 Å². The first-order valence-electron chi connectivity index (χ1n) is 11.5. The van der Waals surface area contributed by atoms with E-state index in [1.165, 1.54) is 26.2 Å². The van der Waals surface area contributed by atoms with Crippen LogP contribution in [0, 0.1) is 6.92 Å². The van der Waals surface area contributed by atoms with Gasteiger partial charge in [-0.3, -0.25) is 14.4 Å². The van der Waals surface area contributed by atoms with Gasteiger partial charge in [0.25, 0.3) is 0 Å². The first-order chi connectivity index (χ1) is 17.7. The molecule has 0 radical (unpaired) electrons. The maximum atomic E-state index is 13.9. The number of aryl methyl sites for hydroxylation is 1. The molecule has 190 valence electrons. The summed E-state index contributed by atoms with van der Waals surface area (Å²) < 4.78 is 15.2. The van der Waals surface area contributed by atoms with Crippen molar-refractivity contribution in [1.29, 1.82) is 0 Å². The number of esters is 1. The van der Waals surface area contributed by atoms with E-state index in [0.29, 0.717) is 22.7 Å².